The van der Waals surface area contributed by atoms with E-state index < -0.39 is 15.9 Å². The lowest BCUT2D eigenvalue weighted by Gasteiger charge is -2.26. The second kappa shape index (κ2) is 10.9. The van der Waals surface area contributed by atoms with Crippen LogP contribution in [0, 0.1) is 11.8 Å². The monoisotopic (exact) mass is 492 g/mol. The minimum Gasteiger partial charge on any atom is -0.370 e. The summed E-state index contributed by atoms with van der Waals surface area (Å²) in [5, 5.41) is 2.79. The lowest BCUT2D eigenvalue weighted by Crippen LogP contribution is -2.38. The Morgan fingerprint density at radius 1 is 0.971 bits per heavy atom. The number of carbonyl (C=O) groups is 3. The van der Waals surface area contributed by atoms with E-state index in [0.717, 1.165) is 17.7 Å². The molecule has 0 radical (unpaired) electrons. The van der Waals surface area contributed by atoms with Gasteiger partial charge in [-0.15, -0.1) is 0 Å². The van der Waals surface area contributed by atoms with Crippen LogP contribution in [0.1, 0.15) is 53.4 Å². The minimum atomic E-state index is -3.72. The van der Waals surface area contributed by atoms with Crippen molar-refractivity contribution in [3.05, 3.63) is 18.2 Å². The molecule has 1 saturated heterocycles. The molecule has 2 fully saturated rings. The molecule has 1 N–H and O–H groups in total. The largest absolute Gasteiger partial charge is 0.370 e. The fourth-order valence-corrected chi connectivity index (χ4v) is 6.53. The van der Waals surface area contributed by atoms with E-state index in [-0.39, 0.29) is 35.1 Å². The van der Waals surface area contributed by atoms with Crippen molar-refractivity contribution >= 4 is 39.1 Å². The van der Waals surface area contributed by atoms with Crippen LogP contribution in [0.15, 0.2) is 23.1 Å². The van der Waals surface area contributed by atoms with Crippen LogP contribution in [0.25, 0.3) is 0 Å². The highest BCUT2D eigenvalue weighted by Crippen LogP contribution is 2.38. The van der Waals surface area contributed by atoms with Gasteiger partial charge in [-0.2, -0.15) is 4.31 Å². The number of carbonyl (C=O) groups excluding carboxylic acids is 3. The summed E-state index contributed by atoms with van der Waals surface area (Å²) >= 11 is 0. The summed E-state index contributed by atoms with van der Waals surface area (Å²) in [6.07, 6.45) is 3.21. The molecular weight excluding hydrogens is 456 g/mol. The van der Waals surface area contributed by atoms with Crippen molar-refractivity contribution < 1.29 is 22.8 Å². The van der Waals surface area contributed by atoms with Gasteiger partial charge in [0.1, 0.15) is 6.54 Å². The predicted molar refractivity (Wildman–Crippen MR) is 131 cm³/mol. The van der Waals surface area contributed by atoms with E-state index in [9.17, 15) is 22.8 Å². The summed E-state index contributed by atoms with van der Waals surface area (Å²) in [7, 11) is -3.72. The number of anilines is 2. The first-order valence-electron chi connectivity index (χ1n) is 12.2. The topological polar surface area (TPSA) is 107 Å². The molecule has 1 aliphatic heterocycles. The number of imide groups is 1. The van der Waals surface area contributed by atoms with Gasteiger partial charge in [-0.3, -0.25) is 19.3 Å². The molecule has 188 valence electrons. The first-order chi connectivity index (χ1) is 16.2. The van der Waals surface area contributed by atoms with E-state index in [0.29, 0.717) is 50.4 Å². The molecule has 1 aromatic carbocycles. The Balaban J connectivity index is 1.88. The average Bonchev–Trinajstić information content (AvgIpc) is 3.06. The number of hydrogen-bond acceptors (Lipinski definition) is 6. The zero-order valence-corrected chi connectivity index (χ0v) is 21.4. The quantitative estimate of drug-likeness (QED) is 0.503. The van der Waals surface area contributed by atoms with Crippen LogP contribution in [0.2, 0.25) is 0 Å². The second-order valence-electron chi connectivity index (χ2n) is 8.75. The van der Waals surface area contributed by atoms with Crippen molar-refractivity contribution in [2.24, 2.45) is 11.8 Å². The number of hydrogen-bond donors (Lipinski definition) is 1. The Bertz CT molecular complexity index is 1010. The molecule has 1 heterocycles. The summed E-state index contributed by atoms with van der Waals surface area (Å²) in [6.45, 7) is 9.11. The molecule has 0 spiro atoms. The maximum atomic E-state index is 13.1. The van der Waals surface area contributed by atoms with Crippen LogP contribution in [0.5, 0.6) is 0 Å². The lowest BCUT2D eigenvalue weighted by atomic mass is 9.81. The summed E-state index contributed by atoms with van der Waals surface area (Å²) in [4.78, 5) is 41.7. The maximum absolute atomic E-state index is 13.1. The van der Waals surface area contributed by atoms with Gasteiger partial charge in [0.15, 0.2) is 0 Å². The number of benzene rings is 1. The summed E-state index contributed by atoms with van der Waals surface area (Å²) in [6, 6.07) is 4.71. The van der Waals surface area contributed by atoms with Crippen molar-refractivity contribution in [2.75, 3.05) is 42.9 Å². The molecule has 9 nitrogen and oxygen atoms in total. The molecule has 2 unspecified atom stereocenters. The number of rotatable bonds is 10. The summed E-state index contributed by atoms with van der Waals surface area (Å²) in [5.74, 6) is -1.70. The molecule has 2 atom stereocenters. The van der Waals surface area contributed by atoms with Gasteiger partial charge in [-0.25, -0.2) is 8.42 Å². The second-order valence-corrected chi connectivity index (χ2v) is 10.7. The van der Waals surface area contributed by atoms with Crippen LogP contribution in [0.3, 0.4) is 0 Å². The highest BCUT2D eigenvalue weighted by Gasteiger charge is 2.48. The fraction of sp³-hybridized carbons (Fsp3) is 0.625. The normalized spacial score (nSPS) is 20.6. The number of likely N-dealkylation sites (tertiary alicyclic amines) is 1. The molecule has 3 rings (SSSR count). The Kier molecular flexibility index (Phi) is 8.35. The van der Waals surface area contributed by atoms with Gasteiger partial charge in [0.05, 0.1) is 28.1 Å². The molecule has 1 aliphatic carbocycles. The van der Waals surface area contributed by atoms with Gasteiger partial charge in [-0.1, -0.05) is 26.7 Å². The molecular formula is C24H36N4O5S. The van der Waals surface area contributed by atoms with Gasteiger partial charge in [0.2, 0.25) is 27.7 Å². The third-order valence-electron chi connectivity index (χ3n) is 6.92. The van der Waals surface area contributed by atoms with Gasteiger partial charge in [-0.05, 0) is 44.9 Å². The Hall–Kier alpha value is -2.46. The third-order valence-corrected chi connectivity index (χ3v) is 8.97. The summed E-state index contributed by atoms with van der Waals surface area (Å²) in [5.41, 5.74) is 1.03. The first kappa shape index (κ1) is 26.2. The minimum absolute atomic E-state index is 0.0850. The third kappa shape index (κ3) is 4.98. The smallest absolute Gasteiger partial charge is 0.244 e. The molecule has 34 heavy (non-hydrogen) atoms. The highest BCUT2D eigenvalue weighted by atomic mass is 32.2. The van der Waals surface area contributed by atoms with Gasteiger partial charge in [0.25, 0.3) is 0 Å². The van der Waals surface area contributed by atoms with E-state index in [1.54, 1.807) is 26.0 Å². The van der Waals surface area contributed by atoms with Gasteiger partial charge >= 0.3 is 0 Å². The number of sulfonamides is 1. The van der Waals surface area contributed by atoms with Crippen LogP contribution in [-0.4, -0.2) is 68.1 Å². The van der Waals surface area contributed by atoms with Crippen LogP contribution < -0.4 is 10.2 Å². The zero-order valence-electron chi connectivity index (χ0n) is 20.5. The van der Waals surface area contributed by atoms with E-state index in [2.05, 4.69) is 5.32 Å². The van der Waals surface area contributed by atoms with Crippen molar-refractivity contribution in [3.63, 3.8) is 0 Å². The molecule has 3 amide bonds. The Morgan fingerprint density at radius 3 is 2.03 bits per heavy atom. The molecule has 1 saturated carbocycles. The molecule has 0 bridgehead atoms. The fourth-order valence-electron chi connectivity index (χ4n) is 5.05. The Labute approximate surface area is 202 Å². The van der Waals surface area contributed by atoms with Crippen LogP contribution in [0.4, 0.5) is 11.4 Å². The Morgan fingerprint density at radius 2 is 1.53 bits per heavy atom. The van der Waals surface area contributed by atoms with E-state index in [1.165, 1.54) is 10.4 Å². The summed E-state index contributed by atoms with van der Waals surface area (Å²) < 4.78 is 27.5. The van der Waals surface area contributed by atoms with Crippen molar-refractivity contribution in [1.82, 2.24) is 9.21 Å². The van der Waals surface area contributed by atoms with E-state index in [1.807, 2.05) is 18.7 Å². The van der Waals surface area contributed by atoms with E-state index in [4.69, 9.17) is 0 Å². The lowest BCUT2D eigenvalue weighted by molar-refractivity contribution is -0.142. The van der Waals surface area contributed by atoms with E-state index >= 15 is 0 Å². The molecule has 1 aromatic rings. The van der Waals surface area contributed by atoms with Gasteiger partial charge in [0, 0.05) is 26.2 Å². The van der Waals surface area contributed by atoms with Crippen LogP contribution >= 0.6 is 0 Å². The molecule has 0 aromatic heterocycles. The standard InChI is InChI=1S/C24H36N4O5S/c1-5-26(6-2)21-14-13-17(34(32,33)27(7-3)8-4)15-20(21)25-22(29)16-28-23(30)18-11-9-10-12-19(18)24(28)31/h13-15,18-19H,5-12,16H2,1-4H3,(H,25,29). The van der Waals surface area contributed by atoms with Gasteiger partial charge < -0.3 is 10.2 Å². The maximum Gasteiger partial charge on any atom is 0.244 e. The van der Waals surface area contributed by atoms with Crippen molar-refractivity contribution in [3.8, 4) is 0 Å². The molecule has 2 aliphatic rings. The number of amides is 3. The zero-order chi connectivity index (χ0) is 25.0. The molecule has 10 heteroatoms. The predicted octanol–water partition coefficient (Wildman–Crippen LogP) is 2.68. The van der Waals surface area contributed by atoms with Crippen LogP contribution in [-0.2, 0) is 24.4 Å². The number of nitrogens with zero attached hydrogens (tertiary/aromatic N) is 3. The van der Waals surface area contributed by atoms with Crippen molar-refractivity contribution in [2.45, 2.75) is 58.3 Å². The average molecular weight is 493 g/mol. The number of nitrogens with one attached hydrogen (secondary N) is 1. The SMILES string of the molecule is CCN(CC)c1ccc(S(=O)(=O)N(CC)CC)cc1NC(=O)CN1C(=O)C2CCCCC2C1=O. The number of fused-ring (bicyclic) bond motifs is 1. The first-order valence-corrected chi connectivity index (χ1v) is 13.7. The van der Waals surface area contributed by atoms with Crippen molar-refractivity contribution in [1.29, 1.82) is 0 Å². The highest BCUT2D eigenvalue weighted by molar-refractivity contribution is 7.89.